The smallest absolute Gasteiger partial charge is 0.331 e. The summed E-state index contributed by atoms with van der Waals surface area (Å²) in [6.45, 7) is 3.24. The highest BCUT2D eigenvalue weighted by molar-refractivity contribution is 5.87. The van der Waals surface area contributed by atoms with Gasteiger partial charge in [-0.05, 0) is 43.5 Å². The van der Waals surface area contributed by atoms with E-state index in [1.165, 1.54) is 32.0 Å². The molecule has 0 N–H and O–H groups in total. The molecule has 3 nitrogen and oxygen atoms in total. The molecule has 3 heterocycles. The maximum atomic E-state index is 11.8. The van der Waals surface area contributed by atoms with Crippen LogP contribution in [0.3, 0.4) is 0 Å². The van der Waals surface area contributed by atoms with E-state index in [0.717, 1.165) is 12.1 Å². The molecule has 3 aliphatic rings. The summed E-state index contributed by atoms with van der Waals surface area (Å²) < 4.78 is 5.58. The van der Waals surface area contributed by atoms with Gasteiger partial charge in [-0.15, -0.1) is 0 Å². The van der Waals surface area contributed by atoms with E-state index in [0.29, 0.717) is 5.92 Å². The highest BCUT2D eigenvalue weighted by Crippen LogP contribution is 2.29. The Morgan fingerprint density at radius 3 is 2.58 bits per heavy atom. The minimum atomic E-state index is -0.220. The Labute approximate surface area is 113 Å². The van der Waals surface area contributed by atoms with Crippen LogP contribution in [0.15, 0.2) is 36.4 Å². The first-order valence-corrected chi connectivity index (χ1v) is 6.97. The van der Waals surface area contributed by atoms with Crippen molar-refractivity contribution in [2.45, 2.75) is 18.9 Å². The van der Waals surface area contributed by atoms with Gasteiger partial charge in [0.15, 0.2) is 0 Å². The molecule has 100 valence electrons. The van der Waals surface area contributed by atoms with E-state index >= 15 is 0 Å². The van der Waals surface area contributed by atoms with Crippen LogP contribution in [-0.4, -0.2) is 36.6 Å². The molecular weight excluding hydrogens is 238 g/mol. The molecule has 1 aromatic rings. The Morgan fingerprint density at radius 2 is 1.95 bits per heavy atom. The highest BCUT2D eigenvalue weighted by Gasteiger charge is 2.36. The summed E-state index contributed by atoms with van der Waals surface area (Å²) in [5.74, 6) is 0.349. The van der Waals surface area contributed by atoms with Gasteiger partial charge in [-0.2, -0.15) is 0 Å². The second-order valence-electron chi connectivity index (χ2n) is 5.36. The first-order valence-electron chi connectivity index (χ1n) is 6.97. The number of benzene rings is 1. The van der Waals surface area contributed by atoms with Gasteiger partial charge in [0.1, 0.15) is 6.10 Å². The molecule has 0 spiro atoms. The van der Waals surface area contributed by atoms with Gasteiger partial charge >= 0.3 is 5.97 Å². The highest BCUT2D eigenvalue weighted by atomic mass is 16.5. The summed E-state index contributed by atoms with van der Waals surface area (Å²) >= 11 is 0. The summed E-state index contributed by atoms with van der Waals surface area (Å²) in [6, 6.07) is 9.82. The van der Waals surface area contributed by atoms with E-state index in [9.17, 15) is 4.79 Å². The lowest BCUT2D eigenvalue weighted by atomic mass is 9.86. The zero-order chi connectivity index (χ0) is 13.1. The van der Waals surface area contributed by atoms with Gasteiger partial charge in [0, 0.05) is 12.6 Å². The molecular formula is C16H19NO2. The quantitative estimate of drug-likeness (QED) is 0.615. The van der Waals surface area contributed by atoms with E-state index in [1.807, 2.05) is 36.4 Å². The average molecular weight is 257 g/mol. The van der Waals surface area contributed by atoms with Crippen molar-refractivity contribution in [3.8, 4) is 0 Å². The molecule has 4 rings (SSSR count). The van der Waals surface area contributed by atoms with E-state index in [4.69, 9.17) is 4.74 Å². The van der Waals surface area contributed by atoms with Gasteiger partial charge in [-0.1, -0.05) is 30.3 Å². The van der Waals surface area contributed by atoms with Crippen molar-refractivity contribution in [2.24, 2.45) is 5.92 Å². The van der Waals surface area contributed by atoms with E-state index in [-0.39, 0.29) is 12.1 Å². The molecule has 3 heteroatoms. The van der Waals surface area contributed by atoms with Gasteiger partial charge in [0.2, 0.25) is 0 Å². The van der Waals surface area contributed by atoms with Crippen LogP contribution >= 0.6 is 0 Å². The topological polar surface area (TPSA) is 29.5 Å². The number of hydrogen-bond donors (Lipinski definition) is 0. The first-order chi connectivity index (χ1) is 9.31. The normalized spacial score (nSPS) is 29.6. The van der Waals surface area contributed by atoms with Crippen LogP contribution in [0.4, 0.5) is 0 Å². The number of carbonyl (C=O) groups excluding carboxylic acids is 1. The van der Waals surface area contributed by atoms with Crippen molar-refractivity contribution in [3.63, 3.8) is 0 Å². The molecule has 0 aromatic heterocycles. The number of piperidine rings is 3. The molecule has 1 aromatic carbocycles. The van der Waals surface area contributed by atoms with Crippen LogP contribution in [0.1, 0.15) is 18.4 Å². The number of ether oxygens (including phenoxy) is 1. The number of fused-ring (bicyclic) bond motifs is 3. The third kappa shape index (κ3) is 3.04. The van der Waals surface area contributed by atoms with Gasteiger partial charge < -0.3 is 4.74 Å². The number of hydrogen-bond acceptors (Lipinski definition) is 3. The van der Waals surface area contributed by atoms with Crippen LogP contribution in [0.25, 0.3) is 6.08 Å². The predicted molar refractivity (Wildman–Crippen MR) is 74.5 cm³/mol. The van der Waals surface area contributed by atoms with Gasteiger partial charge in [-0.25, -0.2) is 4.79 Å². The van der Waals surface area contributed by atoms with Crippen molar-refractivity contribution in [1.29, 1.82) is 0 Å². The largest absolute Gasteiger partial charge is 0.458 e. The van der Waals surface area contributed by atoms with E-state index in [2.05, 4.69) is 4.90 Å². The molecule has 0 radical (unpaired) electrons. The molecule has 2 bridgehead atoms. The summed E-state index contributed by atoms with van der Waals surface area (Å²) in [5, 5.41) is 0. The lowest BCUT2D eigenvalue weighted by Crippen LogP contribution is -2.51. The maximum Gasteiger partial charge on any atom is 0.331 e. The van der Waals surface area contributed by atoms with Crippen LogP contribution in [0.5, 0.6) is 0 Å². The summed E-state index contributed by atoms with van der Waals surface area (Å²) in [5.41, 5.74) is 1.02. The minimum absolute atomic E-state index is 0.0930. The van der Waals surface area contributed by atoms with Crippen molar-refractivity contribution >= 4 is 12.0 Å². The third-order valence-electron chi connectivity index (χ3n) is 4.08. The van der Waals surface area contributed by atoms with Gasteiger partial charge in [-0.3, -0.25) is 4.90 Å². The molecule has 0 unspecified atom stereocenters. The number of carbonyl (C=O) groups is 1. The molecule has 1 atom stereocenters. The predicted octanol–water partition coefficient (Wildman–Crippen LogP) is 2.34. The molecule has 0 saturated carbocycles. The molecule has 0 amide bonds. The Kier molecular flexibility index (Phi) is 3.65. The Bertz CT molecular complexity index is 461. The Hall–Kier alpha value is -1.61. The summed E-state index contributed by atoms with van der Waals surface area (Å²) in [6.07, 6.45) is 5.77. The SMILES string of the molecule is O=C(/C=C/c1ccccc1)O[C@H]1CN2CCC1CC2. The van der Waals surface area contributed by atoms with Gasteiger partial charge in [0.25, 0.3) is 0 Å². The maximum absolute atomic E-state index is 11.8. The first kappa shape index (κ1) is 12.4. The second-order valence-corrected chi connectivity index (χ2v) is 5.36. The fraction of sp³-hybridized carbons (Fsp3) is 0.438. The van der Waals surface area contributed by atoms with E-state index < -0.39 is 0 Å². The standard InChI is InChI=1S/C16H19NO2/c18-16(7-6-13-4-2-1-3-5-13)19-15-12-17-10-8-14(15)9-11-17/h1-7,14-15H,8-12H2/b7-6+/t15-/m0/s1. The molecule has 3 fully saturated rings. The van der Waals surface area contributed by atoms with Crippen LogP contribution < -0.4 is 0 Å². The van der Waals surface area contributed by atoms with Crippen molar-refractivity contribution in [3.05, 3.63) is 42.0 Å². The monoisotopic (exact) mass is 257 g/mol. The summed E-state index contributed by atoms with van der Waals surface area (Å²) in [7, 11) is 0. The molecule has 3 saturated heterocycles. The Morgan fingerprint density at radius 1 is 1.21 bits per heavy atom. The average Bonchev–Trinajstić information content (AvgIpc) is 2.47. The second kappa shape index (κ2) is 5.57. The Balaban J connectivity index is 1.55. The van der Waals surface area contributed by atoms with Crippen LogP contribution in [0.2, 0.25) is 0 Å². The lowest BCUT2D eigenvalue weighted by molar-refractivity contribution is -0.152. The number of esters is 1. The lowest BCUT2D eigenvalue weighted by Gasteiger charge is -2.43. The zero-order valence-electron chi connectivity index (χ0n) is 11.0. The van der Waals surface area contributed by atoms with Crippen molar-refractivity contribution in [1.82, 2.24) is 4.90 Å². The fourth-order valence-electron chi connectivity index (χ4n) is 2.96. The number of rotatable bonds is 3. The fourth-order valence-corrected chi connectivity index (χ4v) is 2.96. The zero-order valence-corrected chi connectivity index (χ0v) is 11.0. The minimum Gasteiger partial charge on any atom is -0.458 e. The van der Waals surface area contributed by atoms with E-state index in [1.54, 1.807) is 0 Å². The molecule has 3 aliphatic heterocycles. The third-order valence-corrected chi connectivity index (χ3v) is 4.08. The molecule has 0 aliphatic carbocycles. The van der Waals surface area contributed by atoms with Crippen LogP contribution in [0, 0.1) is 5.92 Å². The summed E-state index contributed by atoms with van der Waals surface area (Å²) in [4.78, 5) is 14.2. The van der Waals surface area contributed by atoms with Crippen molar-refractivity contribution in [2.75, 3.05) is 19.6 Å². The van der Waals surface area contributed by atoms with Crippen molar-refractivity contribution < 1.29 is 9.53 Å². The molecule has 19 heavy (non-hydrogen) atoms. The number of nitrogens with zero attached hydrogens (tertiary/aromatic N) is 1. The van der Waals surface area contributed by atoms with Gasteiger partial charge in [0.05, 0.1) is 0 Å². The van der Waals surface area contributed by atoms with Crippen LogP contribution in [-0.2, 0) is 9.53 Å².